The van der Waals surface area contributed by atoms with Gasteiger partial charge in [-0.3, -0.25) is 4.79 Å². The maximum atomic E-state index is 13.3. The molecule has 0 N–H and O–H groups in total. The molecule has 1 saturated heterocycles. The van der Waals surface area contributed by atoms with Crippen LogP contribution >= 0.6 is 0 Å². The monoisotopic (exact) mass is 401 g/mol. The van der Waals surface area contributed by atoms with E-state index in [0.717, 1.165) is 44.2 Å². The lowest BCUT2D eigenvalue weighted by Gasteiger charge is -2.25. The Labute approximate surface area is 166 Å². The summed E-state index contributed by atoms with van der Waals surface area (Å²) in [5.41, 5.74) is 2.52. The van der Waals surface area contributed by atoms with Crippen LogP contribution in [-0.4, -0.2) is 42.8 Å². The molecule has 0 radical (unpaired) electrons. The number of hydrogen-bond donors (Lipinski definition) is 0. The number of carbonyl (C=O) groups is 1. The van der Waals surface area contributed by atoms with Crippen LogP contribution in [0.15, 0.2) is 41.4 Å². The van der Waals surface area contributed by atoms with Crippen LogP contribution in [0.25, 0.3) is 0 Å². The maximum absolute atomic E-state index is 13.3. The number of hydrogen-bond acceptors (Lipinski definition) is 3. The standard InChI is InChI=1S/C21H27N3O3S/c1-22-16-18(28(26,27)23-12-6-2-7-13-23)15-20(22)21(25)24-14-8-5-10-17-9-3-4-11-19(17)24/h3-4,9,11,15-16H,2,5-8,10,12-14H2,1H3. The molecular formula is C21H27N3O3S. The van der Waals surface area contributed by atoms with Crippen LogP contribution in [0.5, 0.6) is 0 Å². The molecule has 1 aromatic carbocycles. The third-order valence-corrected chi connectivity index (χ3v) is 7.62. The average molecular weight is 402 g/mol. The van der Waals surface area contributed by atoms with Crippen LogP contribution in [0.4, 0.5) is 5.69 Å². The van der Waals surface area contributed by atoms with Crippen molar-refractivity contribution in [3.63, 3.8) is 0 Å². The minimum absolute atomic E-state index is 0.142. The van der Waals surface area contributed by atoms with Gasteiger partial charge in [-0.15, -0.1) is 0 Å². The van der Waals surface area contributed by atoms with Crippen LogP contribution < -0.4 is 4.90 Å². The summed E-state index contributed by atoms with van der Waals surface area (Å²) in [6.07, 6.45) is 7.36. The van der Waals surface area contributed by atoms with Gasteiger partial charge in [0.1, 0.15) is 10.6 Å². The number of para-hydroxylation sites is 1. The Hall–Kier alpha value is -2.12. The molecule has 0 aliphatic carbocycles. The quantitative estimate of drug-likeness (QED) is 0.794. The van der Waals surface area contributed by atoms with E-state index in [9.17, 15) is 13.2 Å². The number of aryl methyl sites for hydroxylation is 2. The van der Waals surface area contributed by atoms with Crippen molar-refractivity contribution in [2.24, 2.45) is 7.05 Å². The molecule has 3 heterocycles. The number of benzene rings is 1. The molecule has 0 saturated carbocycles. The zero-order chi connectivity index (χ0) is 19.7. The fourth-order valence-corrected chi connectivity index (χ4v) is 5.77. The van der Waals surface area contributed by atoms with Crippen molar-refractivity contribution in [3.8, 4) is 0 Å². The molecule has 6 nitrogen and oxygen atoms in total. The van der Waals surface area contributed by atoms with Gasteiger partial charge in [0.2, 0.25) is 10.0 Å². The lowest BCUT2D eigenvalue weighted by molar-refractivity contribution is 0.0979. The minimum Gasteiger partial charge on any atom is -0.345 e. The van der Waals surface area contributed by atoms with Gasteiger partial charge in [-0.2, -0.15) is 4.31 Å². The Kier molecular flexibility index (Phi) is 5.29. The molecule has 1 fully saturated rings. The van der Waals surface area contributed by atoms with E-state index < -0.39 is 10.0 Å². The molecule has 0 bridgehead atoms. The lowest BCUT2D eigenvalue weighted by Crippen LogP contribution is -2.35. The van der Waals surface area contributed by atoms with Crippen LogP contribution in [-0.2, 0) is 23.5 Å². The van der Waals surface area contributed by atoms with Crippen LogP contribution in [0.1, 0.15) is 48.2 Å². The van der Waals surface area contributed by atoms with Crippen molar-refractivity contribution in [1.82, 2.24) is 8.87 Å². The van der Waals surface area contributed by atoms with Crippen LogP contribution in [0.2, 0.25) is 0 Å². The maximum Gasteiger partial charge on any atom is 0.274 e. The van der Waals surface area contributed by atoms with E-state index >= 15 is 0 Å². The largest absolute Gasteiger partial charge is 0.345 e. The first-order chi connectivity index (χ1) is 13.5. The van der Waals surface area contributed by atoms with Gasteiger partial charge in [0, 0.05) is 38.6 Å². The highest BCUT2D eigenvalue weighted by Gasteiger charge is 2.30. The second-order valence-electron chi connectivity index (χ2n) is 7.68. The van der Waals surface area contributed by atoms with Crippen molar-refractivity contribution in [2.75, 3.05) is 24.5 Å². The third kappa shape index (κ3) is 3.49. The van der Waals surface area contributed by atoms with E-state index in [0.29, 0.717) is 25.3 Å². The fraction of sp³-hybridized carbons (Fsp3) is 0.476. The van der Waals surface area contributed by atoms with Gasteiger partial charge in [-0.1, -0.05) is 24.6 Å². The highest BCUT2D eigenvalue weighted by atomic mass is 32.2. The summed E-state index contributed by atoms with van der Waals surface area (Å²) in [4.78, 5) is 15.4. The Bertz CT molecular complexity index is 975. The molecule has 4 rings (SSSR count). The number of anilines is 1. The summed E-state index contributed by atoms with van der Waals surface area (Å²) in [7, 11) is -1.81. The molecule has 2 aliphatic heterocycles. The van der Waals surface area contributed by atoms with E-state index in [1.54, 1.807) is 33.1 Å². The molecule has 0 spiro atoms. The van der Waals surface area contributed by atoms with Crippen molar-refractivity contribution < 1.29 is 13.2 Å². The molecule has 0 unspecified atom stereocenters. The topological polar surface area (TPSA) is 62.6 Å². The highest BCUT2D eigenvalue weighted by Crippen LogP contribution is 2.29. The van der Waals surface area contributed by atoms with Crippen LogP contribution in [0, 0.1) is 0 Å². The summed E-state index contributed by atoms with van der Waals surface area (Å²) in [5.74, 6) is -0.142. The summed E-state index contributed by atoms with van der Waals surface area (Å²) >= 11 is 0. The first-order valence-corrected chi connectivity index (χ1v) is 11.5. The van der Waals surface area contributed by atoms with Crippen molar-refractivity contribution >= 4 is 21.6 Å². The Balaban J connectivity index is 1.66. The first-order valence-electron chi connectivity index (χ1n) is 10.0. The number of rotatable bonds is 3. The Morgan fingerprint density at radius 2 is 1.68 bits per heavy atom. The van der Waals surface area contributed by atoms with Gasteiger partial charge in [0.25, 0.3) is 5.91 Å². The zero-order valence-corrected chi connectivity index (χ0v) is 17.1. The predicted octanol–water partition coefficient (Wildman–Crippen LogP) is 3.18. The summed E-state index contributed by atoms with van der Waals surface area (Å²) in [6, 6.07) is 9.53. The summed E-state index contributed by atoms with van der Waals surface area (Å²) in [6.45, 7) is 1.76. The minimum atomic E-state index is -3.55. The lowest BCUT2D eigenvalue weighted by atomic mass is 10.1. The van der Waals surface area contributed by atoms with Crippen molar-refractivity contribution in [1.29, 1.82) is 0 Å². The number of sulfonamides is 1. The van der Waals surface area contributed by atoms with Gasteiger partial charge in [-0.05, 0) is 49.8 Å². The SMILES string of the molecule is Cn1cc(S(=O)(=O)N2CCCCC2)cc1C(=O)N1CCCCc2ccccc21. The summed E-state index contributed by atoms with van der Waals surface area (Å²) < 4.78 is 29.2. The normalized spacial score (nSPS) is 18.5. The Morgan fingerprint density at radius 3 is 2.46 bits per heavy atom. The van der Waals surface area contributed by atoms with E-state index in [-0.39, 0.29) is 10.8 Å². The highest BCUT2D eigenvalue weighted by molar-refractivity contribution is 7.89. The first kappa shape index (κ1) is 19.2. The molecule has 1 amide bonds. The summed E-state index contributed by atoms with van der Waals surface area (Å²) in [5, 5.41) is 0. The molecule has 7 heteroatoms. The number of carbonyl (C=O) groups excluding carboxylic acids is 1. The fourth-order valence-electron chi connectivity index (χ4n) is 4.18. The van der Waals surface area contributed by atoms with Crippen molar-refractivity contribution in [2.45, 2.75) is 43.4 Å². The van der Waals surface area contributed by atoms with E-state index in [4.69, 9.17) is 0 Å². The molecule has 28 heavy (non-hydrogen) atoms. The zero-order valence-electron chi connectivity index (χ0n) is 16.3. The molecule has 2 aliphatic rings. The Morgan fingerprint density at radius 1 is 0.964 bits per heavy atom. The predicted molar refractivity (Wildman–Crippen MR) is 109 cm³/mol. The van der Waals surface area contributed by atoms with Crippen molar-refractivity contribution in [3.05, 3.63) is 47.8 Å². The van der Waals surface area contributed by atoms with Gasteiger partial charge < -0.3 is 9.47 Å². The van der Waals surface area contributed by atoms with E-state index in [2.05, 4.69) is 6.07 Å². The number of piperidine rings is 1. The van der Waals surface area contributed by atoms with Gasteiger partial charge >= 0.3 is 0 Å². The third-order valence-electron chi connectivity index (χ3n) is 5.76. The molecule has 1 aromatic heterocycles. The van der Waals surface area contributed by atoms with Gasteiger partial charge in [0.05, 0.1) is 0 Å². The van der Waals surface area contributed by atoms with E-state index in [1.165, 1.54) is 5.56 Å². The second kappa shape index (κ2) is 7.72. The van der Waals surface area contributed by atoms with E-state index in [1.807, 2.05) is 18.2 Å². The number of nitrogens with zero attached hydrogens (tertiary/aromatic N) is 3. The van der Waals surface area contributed by atoms with Gasteiger partial charge in [-0.25, -0.2) is 8.42 Å². The smallest absolute Gasteiger partial charge is 0.274 e. The number of fused-ring (bicyclic) bond motifs is 1. The molecule has 150 valence electrons. The molecule has 2 aromatic rings. The number of aromatic nitrogens is 1. The molecular weight excluding hydrogens is 374 g/mol. The number of amides is 1. The second-order valence-corrected chi connectivity index (χ2v) is 9.62. The average Bonchev–Trinajstić information content (AvgIpc) is 2.98. The van der Waals surface area contributed by atoms with Crippen LogP contribution in [0.3, 0.4) is 0 Å². The molecule has 0 atom stereocenters. The van der Waals surface area contributed by atoms with Gasteiger partial charge in [0.15, 0.2) is 0 Å².